The van der Waals surface area contributed by atoms with Gasteiger partial charge in [-0.2, -0.15) is 0 Å². The number of allylic oxidation sites excluding steroid dienone is 6. The molecule has 9 rings (SSSR count). The molecule has 0 N–H and O–H groups in total. The molecule has 234 valence electrons. The van der Waals surface area contributed by atoms with Crippen molar-refractivity contribution < 1.29 is 4.42 Å². The lowest BCUT2D eigenvalue weighted by Gasteiger charge is -2.17. The third-order valence-electron chi connectivity index (χ3n) is 10.1. The summed E-state index contributed by atoms with van der Waals surface area (Å²) >= 11 is 0. The Morgan fingerprint density at radius 1 is 0.612 bits per heavy atom. The number of fused-ring (bicyclic) bond motifs is 10. The van der Waals surface area contributed by atoms with Crippen molar-refractivity contribution in [1.82, 2.24) is 0 Å². The molecule has 1 aliphatic rings. The summed E-state index contributed by atoms with van der Waals surface area (Å²) in [5.74, 6) is 0. The molecule has 0 saturated carbocycles. The molecule has 1 atom stereocenters. The fraction of sp³-hybridized carbons (Fsp3) is 0.0851. The van der Waals surface area contributed by atoms with Crippen LogP contribution in [0, 0.1) is 0 Å². The topological polar surface area (TPSA) is 25.5 Å². The molecule has 0 radical (unpaired) electrons. The monoisotopic (exact) mass is 629 g/mol. The van der Waals surface area contributed by atoms with E-state index in [2.05, 4.69) is 172 Å². The molecule has 7 aromatic carbocycles. The van der Waals surface area contributed by atoms with Gasteiger partial charge in [0.25, 0.3) is 0 Å². The van der Waals surface area contributed by atoms with Crippen molar-refractivity contribution in [1.29, 1.82) is 0 Å². The van der Waals surface area contributed by atoms with E-state index >= 15 is 0 Å². The van der Waals surface area contributed by atoms with Crippen LogP contribution in [-0.4, -0.2) is 5.71 Å². The molecule has 0 amide bonds. The van der Waals surface area contributed by atoms with E-state index in [1.54, 1.807) is 0 Å². The highest BCUT2D eigenvalue weighted by Crippen LogP contribution is 2.46. The molecule has 1 aromatic heterocycles. The van der Waals surface area contributed by atoms with E-state index in [1.807, 2.05) is 0 Å². The molecule has 49 heavy (non-hydrogen) atoms. The molecule has 1 unspecified atom stereocenters. The summed E-state index contributed by atoms with van der Waals surface area (Å²) in [7, 11) is 0. The molecule has 0 aliphatic heterocycles. The Bertz CT molecular complexity index is 2680. The summed E-state index contributed by atoms with van der Waals surface area (Å²) < 4.78 is 6.77. The van der Waals surface area contributed by atoms with Crippen LogP contribution in [0.2, 0.25) is 0 Å². The lowest BCUT2D eigenvalue weighted by Crippen LogP contribution is -2.06. The lowest BCUT2D eigenvalue weighted by atomic mass is 9.89. The number of hydrogen-bond acceptors (Lipinski definition) is 2. The Morgan fingerprint density at radius 3 is 1.96 bits per heavy atom. The summed E-state index contributed by atoms with van der Waals surface area (Å²) in [5, 5.41) is 9.63. The largest absolute Gasteiger partial charge is 0.455 e. The summed E-state index contributed by atoms with van der Waals surface area (Å²) in [4.78, 5) is 5.28. The number of benzene rings is 7. The standard InChI is InChI=1S/C47H35NO/c1-3-34(32-15-5-4-6-16-32)38-20-11-13-23-43(38)48-30(2)31-25-27-33(28-26-31)41-29-42-37-19-8-7-17-35(37)36-18-9-10-21-39(36)45(42)47-46(41)40-22-12-14-24-44(40)49-47/h4-30H,3H2,1-2H3/b38-34+,48-43?. The predicted molar refractivity (Wildman–Crippen MR) is 209 cm³/mol. The first-order chi connectivity index (χ1) is 24.2. The molecular weight excluding hydrogens is 595 g/mol. The zero-order valence-electron chi connectivity index (χ0n) is 27.7. The number of hydrogen-bond donors (Lipinski definition) is 0. The fourth-order valence-electron chi connectivity index (χ4n) is 7.75. The Labute approximate surface area is 286 Å². The van der Waals surface area contributed by atoms with Crippen LogP contribution in [0.25, 0.3) is 71.0 Å². The molecule has 0 saturated heterocycles. The average Bonchev–Trinajstić information content (AvgIpc) is 3.56. The minimum absolute atomic E-state index is 0.00855. The highest BCUT2D eigenvalue weighted by Gasteiger charge is 2.20. The van der Waals surface area contributed by atoms with E-state index in [-0.39, 0.29) is 6.04 Å². The quantitative estimate of drug-likeness (QED) is 0.174. The van der Waals surface area contributed by atoms with Crippen LogP contribution in [0.4, 0.5) is 0 Å². The second-order valence-corrected chi connectivity index (χ2v) is 12.9. The maximum atomic E-state index is 6.77. The van der Waals surface area contributed by atoms with Crippen LogP contribution in [0.3, 0.4) is 0 Å². The van der Waals surface area contributed by atoms with Gasteiger partial charge >= 0.3 is 0 Å². The SMILES string of the molecule is CC/C(=C1/C=CC=CC1=NC(C)c1ccc(-c2cc3c4ccccc4c4ccccc4c3c3oc4ccccc4c23)cc1)c1ccccc1. The molecule has 2 heteroatoms. The number of rotatable bonds is 5. The molecule has 0 bridgehead atoms. The maximum absolute atomic E-state index is 6.77. The molecule has 0 spiro atoms. The van der Waals surface area contributed by atoms with Crippen molar-refractivity contribution in [3.8, 4) is 11.1 Å². The highest BCUT2D eigenvalue weighted by molar-refractivity contribution is 6.34. The van der Waals surface area contributed by atoms with Gasteiger partial charge in [0.15, 0.2) is 0 Å². The van der Waals surface area contributed by atoms with Crippen molar-refractivity contribution >= 4 is 65.5 Å². The summed E-state index contributed by atoms with van der Waals surface area (Å²) in [6, 6.07) is 47.9. The molecule has 0 fully saturated rings. The van der Waals surface area contributed by atoms with Gasteiger partial charge in [-0.15, -0.1) is 0 Å². The van der Waals surface area contributed by atoms with E-state index in [1.165, 1.54) is 60.2 Å². The normalized spacial score (nSPS) is 15.7. The van der Waals surface area contributed by atoms with E-state index in [4.69, 9.17) is 9.41 Å². The van der Waals surface area contributed by atoms with Crippen molar-refractivity contribution in [2.75, 3.05) is 0 Å². The minimum atomic E-state index is -0.00855. The van der Waals surface area contributed by atoms with Gasteiger partial charge in [0, 0.05) is 21.7 Å². The fourth-order valence-corrected chi connectivity index (χ4v) is 7.75. The third-order valence-corrected chi connectivity index (χ3v) is 10.1. The van der Waals surface area contributed by atoms with E-state index in [0.717, 1.165) is 39.6 Å². The molecule has 1 aliphatic carbocycles. The van der Waals surface area contributed by atoms with Crippen LogP contribution in [-0.2, 0) is 0 Å². The van der Waals surface area contributed by atoms with Crippen molar-refractivity contribution in [2.45, 2.75) is 26.3 Å². The first kappa shape index (κ1) is 29.2. The van der Waals surface area contributed by atoms with Crippen LogP contribution in [0.15, 0.2) is 173 Å². The van der Waals surface area contributed by atoms with Gasteiger partial charge in [0.05, 0.1) is 11.8 Å². The zero-order valence-corrected chi connectivity index (χ0v) is 27.7. The molecule has 2 nitrogen and oxygen atoms in total. The smallest absolute Gasteiger partial charge is 0.144 e. The summed E-state index contributed by atoms with van der Waals surface area (Å²) in [6.45, 7) is 4.41. The molecule has 8 aromatic rings. The summed E-state index contributed by atoms with van der Waals surface area (Å²) in [5.41, 5.74) is 10.2. The highest BCUT2D eigenvalue weighted by atomic mass is 16.3. The average molecular weight is 630 g/mol. The number of furan rings is 1. The lowest BCUT2D eigenvalue weighted by molar-refractivity contribution is 0.673. The van der Waals surface area contributed by atoms with Gasteiger partial charge < -0.3 is 4.42 Å². The van der Waals surface area contributed by atoms with E-state index in [9.17, 15) is 0 Å². The minimum Gasteiger partial charge on any atom is -0.455 e. The van der Waals surface area contributed by atoms with Gasteiger partial charge in [-0.05, 0) is 86.3 Å². The van der Waals surface area contributed by atoms with Crippen molar-refractivity contribution in [3.05, 3.63) is 174 Å². The second-order valence-electron chi connectivity index (χ2n) is 12.9. The van der Waals surface area contributed by atoms with Gasteiger partial charge in [-0.1, -0.05) is 146 Å². The first-order valence-corrected chi connectivity index (χ1v) is 17.2. The number of aliphatic imine (C=N–C) groups is 1. The first-order valence-electron chi connectivity index (χ1n) is 17.2. The third kappa shape index (κ3) is 4.83. The number of para-hydroxylation sites is 1. The van der Waals surface area contributed by atoms with E-state index in [0.29, 0.717) is 0 Å². The molecular formula is C47H35NO. The Kier molecular flexibility index (Phi) is 7.09. The van der Waals surface area contributed by atoms with Gasteiger partial charge in [0.2, 0.25) is 0 Å². The van der Waals surface area contributed by atoms with Crippen LogP contribution in [0.1, 0.15) is 37.4 Å². The van der Waals surface area contributed by atoms with Gasteiger partial charge in [-0.25, -0.2) is 0 Å². The summed E-state index contributed by atoms with van der Waals surface area (Å²) in [6.07, 6.45) is 9.48. The maximum Gasteiger partial charge on any atom is 0.144 e. The Hall–Kier alpha value is -5.99. The van der Waals surface area contributed by atoms with Crippen molar-refractivity contribution in [3.63, 3.8) is 0 Å². The molecule has 1 heterocycles. The zero-order chi connectivity index (χ0) is 32.9. The predicted octanol–water partition coefficient (Wildman–Crippen LogP) is 13.2. The van der Waals surface area contributed by atoms with Crippen molar-refractivity contribution in [2.24, 2.45) is 4.99 Å². The van der Waals surface area contributed by atoms with E-state index < -0.39 is 0 Å². The Morgan fingerprint density at radius 2 is 1.22 bits per heavy atom. The van der Waals surface area contributed by atoms with Gasteiger partial charge in [-0.3, -0.25) is 4.99 Å². The second kappa shape index (κ2) is 11.9. The Balaban J connectivity index is 1.20. The van der Waals surface area contributed by atoms with Crippen LogP contribution >= 0.6 is 0 Å². The number of nitrogens with zero attached hydrogens (tertiary/aromatic N) is 1. The van der Waals surface area contributed by atoms with Crippen LogP contribution in [0.5, 0.6) is 0 Å². The van der Waals surface area contributed by atoms with Crippen LogP contribution < -0.4 is 0 Å². The van der Waals surface area contributed by atoms with Gasteiger partial charge in [0.1, 0.15) is 11.2 Å².